The predicted molar refractivity (Wildman–Crippen MR) is 87.1 cm³/mol. The summed E-state index contributed by atoms with van der Waals surface area (Å²) in [6.07, 6.45) is 0. The Kier molecular flexibility index (Phi) is 4.53. The molecule has 4 nitrogen and oxygen atoms in total. The molecule has 2 rings (SSSR count). The third kappa shape index (κ3) is 3.55. The topological polar surface area (TPSA) is 63.4 Å². The second-order valence-electron chi connectivity index (χ2n) is 4.97. The van der Waals surface area contributed by atoms with Crippen LogP contribution in [0.2, 0.25) is 0 Å². The molecule has 0 saturated carbocycles. The van der Waals surface area contributed by atoms with E-state index in [1.54, 1.807) is 25.1 Å². The lowest BCUT2D eigenvalue weighted by Gasteiger charge is -2.20. The summed E-state index contributed by atoms with van der Waals surface area (Å²) < 4.78 is 23.8. The standard InChI is InChI=1S/C16H20N2O2S/c1-3-21(19,20)16-10-9-14(11-15(16)17)18(2)12-13-7-5-4-6-8-13/h4-11H,3,12,17H2,1-2H3. The van der Waals surface area contributed by atoms with Crippen LogP contribution in [0.4, 0.5) is 11.4 Å². The molecule has 0 heterocycles. The zero-order chi connectivity index (χ0) is 15.5. The summed E-state index contributed by atoms with van der Waals surface area (Å²) in [6.45, 7) is 2.35. The van der Waals surface area contributed by atoms with Gasteiger partial charge in [0.05, 0.1) is 16.3 Å². The van der Waals surface area contributed by atoms with Gasteiger partial charge in [-0.25, -0.2) is 8.42 Å². The molecule has 0 amide bonds. The van der Waals surface area contributed by atoms with Crippen LogP contribution in [0.25, 0.3) is 0 Å². The molecule has 5 heteroatoms. The van der Waals surface area contributed by atoms with Crippen molar-refractivity contribution in [3.05, 3.63) is 54.1 Å². The first kappa shape index (κ1) is 15.4. The average Bonchev–Trinajstić information content (AvgIpc) is 2.48. The van der Waals surface area contributed by atoms with Crippen LogP contribution in [0, 0.1) is 0 Å². The minimum absolute atomic E-state index is 0.0520. The van der Waals surface area contributed by atoms with Gasteiger partial charge in [-0.05, 0) is 23.8 Å². The van der Waals surface area contributed by atoms with Crippen LogP contribution in [0.3, 0.4) is 0 Å². The average molecular weight is 304 g/mol. The summed E-state index contributed by atoms with van der Waals surface area (Å²) in [5.74, 6) is 0.0520. The molecule has 0 aliphatic heterocycles. The van der Waals surface area contributed by atoms with Gasteiger partial charge in [-0.3, -0.25) is 0 Å². The van der Waals surface area contributed by atoms with Crippen molar-refractivity contribution >= 4 is 21.2 Å². The number of rotatable bonds is 5. The van der Waals surface area contributed by atoms with Gasteiger partial charge in [-0.1, -0.05) is 37.3 Å². The van der Waals surface area contributed by atoms with E-state index in [4.69, 9.17) is 5.73 Å². The van der Waals surface area contributed by atoms with Gasteiger partial charge in [0.2, 0.25) is 0 Å². The third-order valence-corrected chi connectivity index (χ3v) is 5.21. The summed E-state index contributed by atoms with van der Waals surface area (Å²) >= 11 is 0. The summed E-state index contributed by atoms with van der Waals surface area (Å²) in [7, 11) is -1.32. The summed E-state index contributed by atoms with van der Waals surface area (Å²) in [5, 5.41) is 0. The predicted octanol–water partition coefficient (Wildman–Crippen LogP) is 2.70. The van der Waals surface area contributed by atoms with Gasteiger partial charge < -0.3 is 10.6 Å². The maximum atomic E-state index is 11.9. The molecule has 0 bridgehead atoms. The van der Waals surface area contributed by atoms with Crippen molar-refractivity contribution in [1.29, 1.82) is 0 Å². The van der Waals surface area contributed by atoms with E-state index in [2.05, 4.69) is 12.1 Å². The Balaban J connectivity index is 2.24. The molecule has 0 aliphatic rings. The number of nitrogens with zero attached hydrogens (tertiary/aromatic N) is 1. The molecular weight excluding hydrogens is 284 g/mol. The van der Waals surface area contributed by atoms with Crippen molar-refractivity contribution in [2.24, 2.45) is 0 Å². The molecule has 0 saturated heterocycles. The van der Waals surface area contributed by atoms with E-state index in [-0.39, 0.29) is 10.6 Å². The Morgan fingerprint density at radius 3 is 2.33 bits per heavy atom. The van der Waals surface area contributed by atoms with Crippen molar-refractivity contribution in [2.45, 2.75) is 18.4 Å². The van der Waals surface area contributed by atoms with E-state index in [0.717, 1.165) is 12.2 Å². The van der Waals surface area contributed by atoms with Crippen LogP contribution in [-0.2, 0) is 16.4 Å². The minimum Gasteiger partial charge on any atom is -0.398 e. The Morgan fingerprint density at radius 1 is 1.10 bits per heavy atom. The van der Waals surface area contributed by atoms with Gasteiger partial charge in [0.15, 0.2) is 9.84 Å². The van der Waals surface area contributed by atoms with E-state index in [9.17, 15) is 8.42 Å². The summed E-state index contributed by atoms with van der Waals surface area (Å²) in [4.78, 5) is 2.25. The highest BCUT2D eigenvalue weighted by Gasteiger charge is 2.16. The summed E-state index contributed by atoms with van der Waals surface area (Å²) in [5.41, 5.74) is 8.29. The number of benzene rings is 2. The Morgan fingerprint density at radius 2 is 1.76 bits per heavy atom. The largest absolute Gasteiger partial charge is 0.398 e. The fourth-order valence-electron chi connectivity index (χ4n) is 2.16. The molecular formula is C16H20N2O2S. The lowest BCUT2D eigenvalue weighted by molar-refractivity contribution is 0.597. The van der Waals surface area contributed by atoms with Gasteiger partial charge in [0.1, 0.15) is 0 Å². The smallest absolute Gasteiger partial charge is 0.180 e. The quantitative estimate of drug-likeness (QED) is 0.863. The van der Waals surface area contributed by atoms with Gasteiger partial charge in [0.25, 0.3) is 0 Å². The molecule has 2 aromatic carbocycles. The van der Waals surface area contributed by atoms with Crippen LogP contribution in [0.5, 0.6) is 0 Å². The van der Waals surface area contributed by atoms with Crippen LogP contribution < -0.4 is 10.6 Å². The number of hydrogen-bond acceptors (Lipinski definition) is 4. The molecule has 0 fully saturated rings. The van der Waals surface area contributed by atoms with Gasteiger partial charge in [-0.2, -0.15) is 0 Å². The monoisotopic (exact) mass is 304 g/mol. The van der Waals surface area contributed by atoms with Crippen molar-refractivity contribution in [2.75, 3.05) is 23.4 Å². The molecule has 112 valence electrons. The van der Waals surface area contributed by atoms with Crippen molar-refractivity contribution < 1.29 is 8.42 Å². The number of nitrogens with two attached hydrogens (primary N) is 1. The molecule has 0 aliphatic carbocycles. The van der Waals surface area contributed by atoms with Crippen LogP contribution >= 0.6 is 0 Å². The first-order valence-electron chi connectivity index (χ1n) is 6.81. The molecule has 0 aromatic heterocycles. The lowest BCUT2D eigenvalue weighted by atomic mass is 10.2. The molecule has 0 unspecified atom stereocenters. The fraction of sp³-hybridized carbons (Fsp3) is 0.250. The van der Waals surface area contributed by atoms with Gasteiger partial charge in [-0.15, -0.1) is 0 Å². The maximum Gasteiger partial charge on any atom is 0.180 e. The van der Waals surface area contributed by atoms with Crippen molar-refractivity contribution in [1.82, 2.24) is 0 Å². The van der Waals surface area contributed by atoms with Crippen LogP contribution in [0.1, 0.15) is 12.5 Å². The molecule has 2 N–H and O–H groups in total. The maximum absolute atomic E-state index is 11.9. The minimum atomic E-state index is -3.27. The van der Waals surface area contributed by atoms with E-state index in [1.807, 2.05) is 30.1 Å². The molecule has 0 atom stereocenters. The van der Waals surface area contributed by atoms with Crippen LogP contribution in [0.15, 0.2) is 53.4 Å². The van der Waals surface area contributed by atoms with Crippen LogP contribution in [-0.4, -0.2) is 21.2 Å². The Bertz CT molecular complexity index is 712. The second-order valence-corrected chi connectivity index (χ2v) is 7.21. The first-order valence-corrected chi connectivity index (χ1v) is 8.46. The van der Waals surface area contributed by atoms with Crippen molar-refractivity contribution in [3.63, 3.8) is 0 Å². The van der Waals surface area contributed by atoms with Gasteiger partial charge >= 0.3 is 0 Å². The number of hydrogen-bond donors (Lipinski definition) is 1. The van der Waals surface area contributed by atoms with E-state index >= 15 is 0 Å². The number of anilines is 2. The fourth-order valence-corrected chi connectivity index (χ4v) is 3.17. The number of nitrogen functional groups attached to an aromatic ring is 1. The Labute approximate surface area is 126 Å². The molecule has 2 aromatic rings. The molecule has 0 radical (unpaired) electrons. The second kappa shape index (κ2) is 6.18. The first-order chi connectivity index (χ1) is 9.94. The van der Waals surface area contributed by atoms with E-state index < -0.39 is 9.84 Å². The Hall–Kier alpha value is -2.01. The lowest BCUT2D eigenvalue weighted by Crippen LogP contribution is -2.17. The third-order valence-electron chi connectivity index (χ3n) is 3.41. The zero-order valence-electron chi connectivity index (χ0n) is 12.3. The molecule has 21 heavy (non-hydrogen) atoms. The highest BCUT2D eigenvalue weighted by Crippen LogP contribution is 2.26. The highest BCUT2D eigenvalue weighted by molar-refractivity contribution is 7.91. The highest BCUT2D eigenvalue weighted by atomic mass is 32.2. The molecule has 0 spiro atoms. The zero-order valence-corrected chi connectivity index (χ0v) is 13.1. The van der Waals surface area contributed by atoms with Gasteiger partial charge in [0, 0.05) is 19.3 Å². The van der Waals surface area contributed by atoms with Crippen molar-refractivity contribution in [3.8, 4) is 0 Å². The van der Waals surface area contributed by atoms with E-state index in [1.165, 1.54) is 5.56 Å². The summed E-state index contributed by atoms with van der Waals surface area (Å²) in [6, 6.07) is 15.2. The SMILES string of the molecule is CCS(=O)(=O)c1ccc(N(C)Cc2ccccc2)cc1N. The van der Waals surface area contributed by atoms with E-state index in [0.29, 0.717) is 5.69 Å². The normalized spacial score (nSPS) is 11.3. The number of sulfone groups is 1.